The van der Waals surface area contributed by atoms with Crippen molar-refractivity contribution in [3.8, 4) is 16.9 Å². The Kier molecular flexibility index (Phi) is 7.17. The van der Waals surface area contributed by atoms with E-state index < -0.39 is 0 Å². The minimum atomic E-state index is -0.129. The van der Waals surface area contributed by atoms with E-state index in [2.05, 4.69) is 10.2 Å². The van der Waals surface area contributed by atoms with Crippen molar-refractivity contribution in [2.75, 3.05) is 25.0 Å². The summed E-state index contributed by atoms with van der Waals surface area (Å²) in [6, 6.07) is 23.7. The second-order valence-corrected chi connectivity index (χ2v) is 9.81. The van der Waals surface area contributed by atoms with Crippen LogP contribution in [0.15, 0.2) is 72.8 Å². The normalized spacial score (nSPS) is 20.4. The number of fused-ring (bicyclic) bond motifs is 1. The van der Waals surface area contributed by atoms with Crippen molar-refractivity contribution < 1.29 is 9.53 Å². The molecule has 0 aromatic heterocycles. The fraction of sp³-hybridized carbons (Fsp3) is 0.345. The Hall–Kier alpha value is -2.82. The summed E-state index contributed by atoms with van der Waals surface area (Å²) in [4.78, 5) is 15.4. The van der Waals surface area contributed by atoms with Gasteiger partial charge in [0.2, 0.25) is 0 Å². The first kappa shape index (κ1) is 22.9. The lowest BCUT2D eigenvalue weighted by Crippen LogP contribution is -2.49. The van der Waals surface area contributed by atoms with Crippen LogP contribution in [-0.2, 0) is 0 Å². The van der Waals surface area contributed by atoms with Crippen molar-refractivity contribution in [1.82, 2.24) is 4.90 Å². The van der Waals surface area contributed by atoms with Crippen molar-refractivity contribution in [1.29, 1.82) is 0 Å². The Labute approximate surface area is 206 Å². The number of benzene rings is 3. The van der Waals surface area contributed by atoms with Gasteiger partial charge in [0.15, 0.2) is 0 Å². The number of amides is 1. The smallest absolute Gasteiger partial charge is 0.255 e. The lowest BCUT2D eigenvalue weighted by molar-refractivity contribution is 0.0366. The van der Waals surface area contributed by atoms with Gasteiger partial charge >= 0.3 is 0 Å². The molecule has 2 heterocycles. The Morgan fingerprint density at radius 3 is 2.26 bits per heavy atom. The first-order chi connectivity index (χ1) is 16.7. The number of ether oxygens (including phenoxy) is 1. The van der Waals surface area contributed by atoms with Gasteiger partial charge in [0.1, 0.15) is 5.75 Å². The van der Waals surface area contributed by atoms with Gasteiger partial charge in [-0.2, -0.15) is 0 Å². The van der Waals surface area contributed by atoms with E-state index in [9.17, 15) is 4.79 Å². The molecule has 34 heavy (non-hydrogen) atoms. The molecule has 2 aliphatic rings. The van der Waals surface area contributed by atoms with Gasteiger partial charge in [-0.05, 0) is 98.4 Å². The molecule has 2 saturated heterocycles. The van der Waals surface area contributed by atoms with Crippen molar-refractivity contribution in [2.24, 2.45) is 5.92 Å². The maximum absolute atomic E-state index is 12.7. The van der Waals surface area contributed by atoms with Crippen LogP contribution in [0.2, 0.25) is 5.02 Å². The highest BCUT2D eigenvalue weighted by Crippen LogP contribution is 2.31. The zero-order valence-electron chi connectivity index (χ0n) is 19.4. The summed E-state index contributed by atoms with van der Waals surface area (Å²) < 4.78 is 6.15. The molecule has 0 unspecified atom stereocenters. The Bertz CT molecular complexity index is 1090. The van der Waals surface area contributed by atoms with Crippen molar-refractivity contribution in [3.63, 3.8) is 0 Å². The molecule has 3 aromatic carbocycles. The molecule has 2 atom stereocenters. The van der Waals surface area contributed by atoms with Crippen LogP contribution in [0.4, 0.5) is 5.69 Å². The molecule has 4 nitrogen and oxygen atoms in total. The van der Waals surface area contributed by atoms with E-state index in [1.54, 1.807) is 0 Å². The summed E-state index contributed by atoms with van der Waals surface area (Å²) in [6.07, 6.45) is 6.52. The molecule has 5 heteroatoms. The number of anilines is 1. The maximum atomic E-state index is 12.7. The molecule has 1 N–H and O–H groups in total. The van der Waals surface area contributed by atoms with Crippen molar-refractivity contribution in [3.05, 3.63) is 83.4 Å². The van der Waals surface area contributed by atoms with Gasteiger partial charge in [-0.15, -0.1) is 0 Å². The van der Waals surface area contributed by atoms with E-state index in [0.717, 1.165) is 29.2 Å². The van der Waals surface area contributed by atoms with Gasteiger partial charge in [0.05, 0.1) is 6.61 Å². The third-order valence-electron chi connectivity index (χ3n) is 7.13. The van der Waals surface area contributed by atoms with E-state index in [0.29, 0.717) is 22.5 Å². The van der Waals surface area contributed by atoms with E-state index >= 15 is 0 Å². The minimum Gasteiger partial charge on any atom is -0.493 e. The summed E-state index contributed by atoms with van der Waals surface area (Å²) in [5.41, 5.74) is 3.49. The van der Waals surface area contributed by atoms with Gasteiger partial charge in [0, 0.05) is 28.2 Å². The number of nitrogens with zero attached hydrogens (tertiary/aromatic N) is 1. The average Bonchev–Trinajstić information content (AvgIpc) is 2.89. The number of halogens is 1. The molecular weight excluding hydrogens is 444 g/mol. The van der Waals surface area contributed by atoms with Crippen LogP contribution in [0.25, 0.3) is 11.1 Å². The standard InChI is InChI=1S/C29H31ClN2O2/c30-25-12-10-22(11-13-25)21-6-8-23(9-7-21)29(33)31-26-14-16-27(17-15-26)34-20-24-4-3-19-32-18-2-1-5-28(24)32/h6-17,24,28H,1-5,18-20H2,(H,31,33)/t24-,28+/m0/s1. The number of rotatable bonds is 6. The Morgan fingerprint density at radius 1 is 0.853 bits per heavy atom. The third kappa shape index (κ3) is 5.45. The fourth-order valence-corrected chi connectivity index (χ4v) is 5.39. The van der Waals surface area contributed by atoms with Crippen LogP contribution >= 0.6 is 11.6 Å². The molecule has 5 rings (SSSR count). The topological polar surface area (TPSA) is 41.6 Å². The SMILES string of the molecule is O=C(Nc1ccc(OC[C@@H]2CCCN3CCCC[C@H]23)cc1)c1ccc(-c2ccc(Cl)cc2)cc1. The monoisotopic (exact) mass is 474 g/mol. The summed E-state index contributed by atoms with van der Waals surface area (Å²) in [6.45, 7) is 3.27. The predicted octanol–water partition coefficient (Wildman–Crippen LogP) is 6.90. The summed E-state index contributed by atoms with van der Waals surface area (Å²) in [5.74, 6) is 1.35. The van der Waals surface area contributed by atoms with Crippen molar-refractivity contribution in [2.45, 2.75) is 38.1 Å². The van der Waals surface area contributed by atoms with Gasteiger partial charge in [0.25, 0.3) is 5.91 Å². The molecule has 1 amide bonds. The molecule has 0 aliphatic carbocycles. The van der Waals surface area contributed by atoms with E-state index in [4.69, 9.17) is 16.3 Å². The molecule has 2 aliphatic heterocycles. The van der Waals surface area contributed by atoms with Gasteiger partial charge in [-0.3, -0.25) is 9.69 Å². The Morgan fingerprint density at radius 2 is 1.53 bits per heavy atom. The third-order valence-corrected chi connectivity index (χ3v) is 7.38. The second kappa shape index (κ2) is 10.6. The second-order valence-electron chi connectivity index (χ2n) is 9.38. The van der Waals surface area contributed by atoms with Gasteiger partial charge < -0.3 is 10.1 Å². The molecule has 0 spiro atoms. The molecule has 0 bridgehead atoms. The zero-order valence-corrected chi connectivity index (χ0v) is 20.1. The summed E-state index contributed by atoms with van der Waals surface area (Å²) >= 11 is 5.97. The molecule has 3 aromatic rings. The number of carbonyl (C=O) groups excluding carboxylic acids is 1. The lowest BCUT2D eigenvalue weighted by atomic mass is 9.84. The minimum absolute atomic E-state index is 0.129. The van der Waals surface area contributed by atoms with Gasteiger partial charge in [-0.1, -0.05) is 42.3 Å². The highest BCUT2D eigenvalue weighted by molar-refractivity contribution is 6.30. The molecule has 176 valence electrons. The predicted molar refractivity (Wildman–Crippen MR) is 139 cm³/mol. The molecule has 0 saturated carbocycles. The van der Waals surface area contributed by atoms with Gasteiger partial charge in [-0.25, -0.2) is 0 Å². The fourth-order valence-electron chi connectivity index (χ4n) is 5.27. The number of hydrogen-bond acceptors (Lipinski definition) is 3. The van der Waals surface area contributed by atoms with E-state index in [1.165, 1.54) is 45.2 Å². The first-order valence-electron chi connectivity index (χ1n) is 12.3. The van der Waals surface area contributed by atoms with Crippen molar-refractivity contribution >= 4 is 23.2 Å². The van der Waals surface area contributed by atoms with E-state index in [1.807, 2.05) is 72.8 Å². The van der Waals surface area contributed by atoms with Crippen LogP contribution in [0, 0.1) is 5.92 Å². The van der Waals surface area contributed by atoms with Crippen LogP contribution in [0.5, 0.6) is 5.75 Å². The molecular formula is C29H31ClN2O2. The van der Waals surface area contributed by atoms with Crippen LogP contribution in [0.1, 0.15) is 42.5 Å². The summed E-state index contributed by atoms with van der Waals surface area (Å²) in [5, 5.41) is 3.69. The van der Waals surface area contributed by atoms with Crippen LogP contribution < -0.4 is 10.1 Å². The quantitative estimate of drug-likeness (QED) is 0.422. The molecule has 2 fully saturated rings. The summed E-state index contributed by atoms with van der Waals surface area (Å²) in [7, 11) is 0. The number of piperidine rings is 2. The van der Waals surface area contributed by atoms with Crippen LogP contribution in [0.3, 0.4) is 0 Å². The first-order valence-corrected chi connectivity index (χ1v) is 12.7. The highest BCUT2D eigenvalue weighted by atomic mass is 35.5. The highest BCUT2D eigenvalue weighted by Gasteiger charge is 2.33. The van der Waals surface area contributed by atoms with E-state index in [-0.39, 0.29) is 5.91 Å². The molecule has 0 radical (unpaired) electrons. The number of nitrogens with one attached hydrogen (secondary N) is 1. The Balaban J connectivity index is 1.15. The maximum Gasteiger partial charge on any atom is 0.255 e. The zero-order chi connectivity index (χ0) is 23.3. The number of carbonyl (C=O) groups is 1. The lowest BCUT2D eigenvalue weighted by Gasteiger charge is -2.44. The number of hydrogen-bond donors (Lipinski definition) is 1. The largest absolute Gasteiger partial charge is 0.493 e. The van der Waals surface area contributed by atoms with Crippen LogP contribution in [-0.4, -0.2) is 36.5 Å². The average molecular weight is 475 g/mol.